The predicted octanol–water partition coefficient (Wildman–Crippen LogP) is 2.80. The Morgan fingerprint density at radius 2 is 1.93 bits per heavy atom. The topological polar surface area (TPSA) is 17.8 Å². The Hall–Kier alpha value is -1.57. The van der Waals surface area contributed by atoms with Crippen molar-refractivity contribution in [2.24, 2.45) is 0 Å². The number of hydrogen-bond acceptors (Lipinski definition) is 1. The van der Waals surface area contributed by atoms with Gasteiger partial charge in [-0.15, -0.1) is 0 Å². The van der Waals surface area contributed by atoms with Crippen molar-refractivity contribution < 1.29 is 0 Å². The molecule has 2 heteroatoms. The molecule has 14 heavy (non-hydrogen) atoms. The van der Waals surface area contributed by atoms with Crippen LogP contribution in [0.1, 0.15) is 16.8 Å². The largest absolute Gasteiger partial charge is 0.240 e. The van der Waals surface area contributed by atoms with Gasteiger partial charge in [-0.1, -0.05) is 12.1 Å². The van der Waals surface area contributed by atoms with Gasteiger partial charge in [-0.3, -0.25) is 0 Å². The number of nitrogens with zero attached hydrogens (tertiary/aromatic N) is 2. The fourth-order valence-corrected chi connectivity index (χ4v) is 1.45. The van der Waals surface area contributed by atoms with E-state index in [-0.39, 0.29) is 0 Å². The van der Waals surface area contributed by atoms with Crippen molar-refractivity contribution in [1.82, 2.24) is 9.78 Å². The van der Waals surface area contributed by atoms with Crippen LogP contribution in [-0.4, -0.2) is 9.78 Å². The summed E-state index contributed by atoms with van der Waals surface area (Å²) in [6, 6.07) is 8.34. The molecule has 0 aliphatic heterocycles. The van der Waals surface area contributed by atoms with Gasteiger partial charge < -0.3 is 0 Å². The molecule has 0 aliphatic rings. The monoisotopic (exact) mass is 186 g/mol. The minimum absolute atomic E-state index is 1.09. The summed E-state index contributed by atoms with van der Waals surface area (Å²) in [5, 5.41) is 4.44. The molecule has 1 aromatic heterocycles. The third kappa shape index (κ3) is 1.55. The Morgan fingerprint density at radius 1 is 1.14 bits per heavy atom. The zero-order valence-electron chi connectivity index (χ0n) is 8.78. The van der Waals surface area contributed by atoms with Crippen LogP contribution in [0.5, 0.6) is 0 Å². The highest BCUT2D eigenvalue weighted by molar-refractivity contribution is 5.35. The number of aromatic nitrogens is 2. The first-order valence-electron chi connectivity index (χ1n) is 4.77. The molecule has 0 amide bonds. The number of rotatable bonds is 1. The van der Waals surface area contributed by atoms with E-state index in [1.165, 1.54) is 11.1 Å². The molecule has 0 atom stereocenters. The Kier molecular flexibility index (Phi) is 2.12. The van der Waals surface area contributed by atoms with E-state index >= 15 is 0 Å². The van der Waals surface area contributed by atoms with Crippen LogP contribution < -0.4 is 0 Å². The fourth-order valence-electron chi connectivity index (χ4n) is 1.45. The lowest BCUT2D eigenvalue weighted by molar-refractivity contribution is 0.861. The summed E-state index contributed by atoms with van der Waals surface area (Å²) >= 11 is 0. The average Bonchev–Trinajstić information content (AvgIpc) is 2.47. The summed E-state index contributed by atoms with van der Waals surface area (Å²) in [7, 11) is 0. The van der Waals surface area contributed by atoms with Crippen molar-refractivity contribution in [3.63, 3.8) is 0 Å². The SMILES string of the molecule is Cc1cccc(-n2cc(C)c(C)n2)c1. The molecule has 0 radical (unpaired) electrons. The summed E-state index contributed by atoms with van der Waals surface area (Å²) in [4.78, 5) is 0. The third-order valence-electron chi connectivity index (χ3n) is 2.41. The smallest absolute Gasteiger partial charge is 0.0648 e. The van der Waals surface area contributed by atoms with Crippen molar-refractivity contribution >= 4 is 0 Å². The van der Waals surface area contributed by atoms with Gasteiger partial charge >= 0.3 is 0 Å². The van der Waals surface area contributed by atoms with E-state index < -0.39 is 0 Å². The third-order valence-corrected chi connectivity index (χ3v) is 2.41. The lowest BCUT2D eigenvalue weighted by Gasteiger charge is -2.01. The molecular formula is C12H14N2. The standard InChI is InChI=1S/C12H14N2/c1-9-5-4-6-12(7-9)14-8-10(2)11(3)13-14/h4-8H,1-3H3. The van der Waals surface area contributed by atoms with Gasteiger partial charge in [0.25, 0.3) is 0 Å². The highest BCUT2D eigenvalue weighted by Gasteiger charge is 2.01. The first kappa shape index (κ1) is 9.00. The second-order valence-electron chi connectivity index (χ2n) is 3.68. The van der Waals surface area contributed by atoms with Crippen molar-refractivity contribution in [2.45, 2.75) is 20.8 Å². The van der Waals surface area contributed by atoms with E-state index in [2.05, 4.69) is 49.4 Å². The van der Waals surface area contributed by atoms with E-state index in [1.807, 2.05) is 11.6 Å². The zero-order valence-corrected chi connectivity index (χ0v) is 8.78. The van der Waals surface area contributed by atoms with Gasteiger partial charge in [0.05, 0.1) is 11.4 Å². The van der Waals surface area contributed by atoms with Gasteiger partial charge in [0.1, 0.15) is 0 Å². The summed E-state index contributed by atoms with van der Waals surface area (Å²) in [5.41, 5.74) is 4.70. The molecule has 0 saturated carbocycles. The molecule has 0 aliphatic carbocycles. The molecular weight excluding hydrogens is 172 g/mol. The minimum atomic E-state index is 1.09. The zero-order chi connectivity index (χ0) is 10.1. The number of benzene rings is 1. The molecule has 2 rings (SSSR count). The molecule has 1 heterocycles. The molecule has 0 spiro atoms. The molecule has 0 N–H and O–H groups in total. The maximum absolute atomic E-state index is 4.44. The Balaban J connectivity index is 2.49. The summed E-state index contributed by atoms with van der Waals surface area (Å²) < 4.78 is 1.93. The molecule has 72 valence electrons. The highest BCUT2D eigenvalue weighted by atomic mass is 15.3. The van der Waals surface area contributed by atoms with E-state index in [0.717, 1.165) is 11.4 Å². The second kappa shape index (κ2) is 3.29. The lowest BCUT2D eigenvalue weighted by Crippen LogP contribution is -1.94. The second-order valence-corrected chi connectivity index (χ2v) is 3.68. The number of hydrogen-bond donors (Lipinski definition) is 0. The van der Waals surface area contributed by atoms with Gasteiger partial charge in [0, 0.05) is 6.20 Å². The average molecular weight is 186 g/mol. The van der Waals surface area contributed by atoms with Gasteiger partial charge in [-0.2, -0.15) is 5.10 Å². The van der Waals surface area contributed by atoms with E-state index in [0.29, 0.717) is 0 Å². The van der Waals surface area contributed by atoms with Crippen LogP contribution in [0.3, 0.4) is 0 Å². The molecule has 1 aromatic carbocycles. The molecule has 0 saturated heterocycles. The number of aryl methyl sites for hydroxylation is 3. The first-order chi connectivity index (χ1) is 6.66. The van der Waals surface area contributed by atoms with E-state index in [4.69, 9.17) is 0 Å². The van der Waals surface area contributed by atoms with Gasteiger partial charge in [0.15, 0.2) is 0 Å². The fraction of sp³-hybridized carbons (Fsp3) is 0.250. The molecule has 0 bridgehead atoms. The Morgan fingerprint density at radius 3 is 2.50 bits per heavy atom. The summed E-state index contributed by atoms with van der Waals surface area (Å²) in [5.74, 6) is 0. The van der Waals surface area contributed by atoms with Crippen LogP contribution in [0.4, 0.5) is 0 Å². The van der Waals surface area contributed by atoms with E-state index in [9.17, 15) is 0 Å². The Labute approximate surface area is 84.2 Å². The van der Waals surface area contributed by atoms with E-state index in [1.54, 1.807) is 0 Å². The predicted molar refractivity (Wildman–Crippen MR) is 57.8 cm³/mol. The highest BCUT2D eigenvalue weighted by Crippen LogP contribution is 2.12. The van der Waals surface area contributed by atoms with Gasteiger partial charge in [-0.25, -0.2) is 4.68 Å². The van der Waals surface area contributed by atoms with Crippen LogP contribution in [0.15, 0.2) is 30.5 Å². The van der Waals surface area contributed by atoms with Crippen molar-refractivity contribution in [1.29, 1.82) is 0 Å². The minimum Gasteiger partial charge on any atom is -0.240 e. The maximum atomic E-state index is 4.44. The van der Waals surface area contributed by atoms with Crippen LogP contribution in [0.2, 0.25) is 0 Å². The molecule has 0 unspecified atom stereocenters. The molecule has 0 fully saturated rings. The van der Waals surface area contributed by atoms with Crippen molar-refractivity contribution in [3.05, 3.63) is 47.3 Å². The molecule has 2 nitrogen and oxygen atoms in total. The quantitative estimate of drug-likeness (QED) is 0.669. The van der Waals surface area contributed by atoms with Crippen LogP contribution in [0, 0.1) is 20.8 Å². The summed E-state index contributed by atoms with van der Waals surface area (Å²) in [6.45, 7) is 6.20. The van der Waals surface area contributed by atoms with Crippen LogP contribution in [-0.2, 0) is 0 Å². The maximum Gasteiger partial charge on any atom is 0.0648 e. The van der Waals surface area contributed by atoms with Gasteiger partial charge in [-0.05, 0) is 44.0 Å². The van der Waals surface area contributed by atoms with Crippen LogP contribution in [0.25, 0.3) is 5.69 Å². The van der Waals surface area contributed by atoms with Gasteiger partial charge in [0.2, 0.25) is 0 Å². The lowest BCUT2D eigenvalue weighted by atomic mass is 10.2. The van der Waals surface area contributed by atoms with Crippen molar-refractivity contribution in [3.8, 4) is 5.69 Å². The normalized spacial score (nSPS) is 10.5. The van der Waals surface area contributed by atoms with Crippen molar-refractivity contribution in [2.75, 3.05) is 0 Å². The molecule has 2 aromatic rings. The first-order valence-corrected chi connectivity index (χ1v) is 4.77. The Bertz CT molecular complexity index is 436. The summed E-state index contributed by atoms with van der Waals surface area (Å²) in [6.07, 6.45) is 2.06. The van der Waals surface area contributed by atoms with Crippen LogP contribution >= 0.6 is 0 Å².